The lowest BCUT2D eigenvalue weighted by molar-refractivity contribution is -0.139. The SMILES string of the molecule is C/C=C\C.O=C(O)CCCCC(=O)O. The molecule has 2 N–H and O–H groups in total. The third kappa shape index (κ3) is 22.4. The first-order valence-corrected chi connectivity index (χ1v) is 4.55. The first-order chi connectivity index (χ1) is 6.54. The van der Waals surface area contributed by atoms with E-state index < -0.39 is 11.9 Å². The van der Waals surface area contributed by atoms with Gasteiger partial charge in [-0.25, -0.2) is 0 Å². The molecule has 0 aliphatic rings. The van der Waals surface area contributed by atoms with Crippen LogP contribution in [0.2, 0.25) is 0 Å². The van der Waals surface area contributed by atoms with Gasteiger partial charge in [0.25, 0.3) is 0 Å². The third-order valence-corrected chi connectivity index (χ3v) is 1.36. The molecule has 0 spiro atoms. The summed E-state index contributed by atoms with van der Waals surface area (Å²) < 4.78 is 0. The molecule has 0 saturated heterocycles. The van der Waals surface area contributed by atoms with Crippen LogP contribution in [-0.2, 0) is 9.59 Å². The lowest BCUT2D eigenvalue weighted by Crippen LogP contribution is -1.97. The molecule has 0 amide bonds. The molecule has 0 fully saturated rings. The second kappa shape index (κ2) is 11.7. The fourth-order valence-electron chi connectivity index (χ4n) is 0.552. The topological polar surface area (TPSA) is 74.6 Å². The van der Waals surface area contributed by atoms with E-state index in [0.717, 1.165) is 0 Å². The van der Waals surface area contributed by atoms with E-state index in [2.05, 4.69) is 0 Å². The van der Waals surface area contributed by atoms with Crippen LogP contribution in [0.4, 0.5) is 0 Å². The normalized spacial score (nSPS) is 9.29. The summed E-state index contributed by atoms with van der Waals surface area (Å²) in [5, 5.41) is 16.3. The summed E-state index contributed by atoms with van der Waals surface area (Å²) in [4.78, 5) is 19.8. The van der Waals surface area contributed by atoms with Gasteiger partial charge >= 0.3 is 11.9 Å². The molecule has 0 aliphatic carbocycles. The fourth-order valence-corrected chi connectivity index (χ4v) is 0.552. The van der Waals surface area contributed by atoms with Gasteiger partial charge in [0.2, 0.25) is 0 Å². The highest BCUT2D eigenvalue weighted by Crippen LogP contribution is 1.98. The van der Waals surface area contributed by atoms with Crippen molar-refractivity contribution in [3.05, 3.63) is 12.2 Å². The van der Waals surface area contributed by atoms with Crippen molar-refractivity contribution >= 4 is 11.9 Å². The first-order valence-electron chi connectivity index (χ1n) is 4.55. The lowest BCUT2D eigenvalue weighted by atomic mass is 10.2. The van der Waals surface area contributed by atoms with Crippen molar-refractivity contribution in [1.82, 2.24) is 0 Å². The van der Waals surface area contributed by atoms with Crippen LogP contribution >= 0.6 is 0 Å². The summed E-state index contributed by atoms with van der Waals surface area (Å²) in [6, 6.07) is 0. The number of carboxylic acids is 2. The minimum Gasteiger partial charge on any atom is -0.481 e. The van der Waals surface area contributed by atoms with Crippen LogP contribution < -0.4 is 0 Å². The Morgan fingerprint density at radius 1 is 0.929 bits per heavy atom. The second-order valence-electron chi connectivity index (χ2n) is 2.66. The molecule has 0 heterocycles. The highest BCUT2D eigenvalue weighted by atomic mass is 16.4. The van der Waals surface area contributed by atoms with E-state index >= 15 is 0 Å². The molecule has 4 heteroatoms. The average molecular weight is 202 g/mol. The van der Waals surface area contributed by atoms with Crippen LogP contribution in [0.25, 0.3) is 0 Å². The number of aliphatic carboxylic acids is 2. The fraction of sp³-hybridized carbons (Fsp3) is 0.600. The Kier molecular flexibility index (Phi) is 12.7. The summed E-state index contributed by atoms with van der Waals surface area (Å²) in [6.45, 7) is 4.00. The zero-order valence-corrected chi connectivity index (χ0v) is 8.69. The molecule has 0 rings (SSSR count). The van der Waals surface area contributed by atoms with Crippen LogP contribution in [0.1, 0.15) is 39.5 Å². The summed E-state index contributed by atoms with van der Waals surface area (Å²) >= 11 is 0. The number of rotatable bonds is 5. The Bertz CT molecular complexity index is 165. The maximum absolute atomic E-state index is 9.90. The molecule has 14 heavy (non-hydrogen) atoms. The molecule has 0 bridgehead atoms. The van der Waals surface area contributed by atoms with Crippen molar-refractivity contribution in [3.8, 4) is 0 Å². The van der Waals surface area contributed by atoms with E-state index in [9.17, 15) is 9.59 Å². The van der Waals surface area contributed by atoms with Crippen molar-refractivity contribution in [3.63, 3.8) is 0 Å². The van der Waals surface area contributed by atoms with Gasteiger partial charge in [0.1, 0.15) is 0 Å². The molecule has 82 valence electrons. The Morgan fingerprint density at radius 2 is 1.21 bits per heavy atom. The maximum atomic E-state index is 9.90. The molecule has 0 aliphatic heterocycles. The second-order valence-corrected chi connectivity index (χ2v) is 2.66. The molecule has 4 nitrogen and oxygen atoms in total. The van der Waals surface area contributed by atoms with Gasteiger partial charge in [-0.15, -0.1) is 0 Å². The molecule has 0 atom stereocenters. The van der Waals surface area contributed by atoms with Gasteiger partial charge in [0, 0.05) is 12.8 Å². The molecule has 0 aromatic carbocycles. The minimum atomic E-state index is -0.870. The van der Waals surface area contributed by atoms with Crippen molar-refractivity contribution in [2.75, 3.05) is 0 Å². The van der Waals surface area contributed by atoms with Gasteiger partial charge in [-0.3, -0.25) is 9.59 Å². The van der Waals surface area contributed by atoms with E-state index in [1.807, 2.05) is 26.0 Å². The molecule has 0 radical (unpaired) electrons. The van der Waals surface area contributed by atoms with Gasteiger partial charge in [-0.1, -0.05) is 12.2 Å². The summed E-state index contributed by atoms with van der Waals surface area (Å²) in [7, 11) is 0. The van der Waals surface area contributed by atoms with Crippen LogP contribution in [0, 0.1) is 0 Å². The highest BCUT2D eigenvalue weighted by molar-refractivity contribution is 5.67. The van der Waals surface area contributed by atoms with Gasteiger partial charge < -0.3 is 10.2 Å². The van der Waals surface area contributed by atoms with E-state index in [0.29, 0.717) is 12.8 Å². The Labute approximate surface area is 84.3 Å². The highest BCUT2D eigenvalue weighted by Gasteiger charge is 1.99. The smallest absolute Gasteiger partial charge is 0.303 e. The molecular weight excluding hydrogens is 184 g/mol. The summed E-state index contributed by atoms with van der Waals surface area (Å²) in [6.07, 6.45) is 5.02. The van der Waals surface area contributed by atoms with Crippen LogP contribution in [0.5, 0.6) is 0 Å². The van der Waals surface area contributed by atoms with Gasteiger partial charge in [-0.2, -0.15) is 0 Å². The summed E-state index contributed by atoms with van der Waals surface area (Å²) in [5.41, 5.74) is 0. The Hall–Kier alpha value is -1.32. The van der Waals surface area contributed by atoms with Gasteiger partial charge in [0.15, 0.2) is 0 Å². The monoisotopic (exact) mass is 202 g/mol. The largest absolute Gasteiger partial charge is 0.481 e. The minimum absolute atomic E-state index is 0.0628. The van der Waals surface area contributed by atoms with E-state index in [1.54, 1.807) is 0 Å². The van der Waals surface area contributed by atoms with Crippen molar-refractivity contribution < 1.29 is 19.8 Å². The van der Waals surface area contributed by atoms with Crippen LogP contribution in [-0.4, -0.2) is 22.2 Å². The standard InChI is InChI=1S/C6H10O4.C4H8/c7-5(8)3-1-2-4-6(9)10;1-3-4-2/h1-4H2,(H,7,8)(H,9,10);3-4H,1-2H3/b;4-3-. The number of carboxylic acid groups (broad SMARTS) is 2. The van der Waals surface area contributed by atoms with E-state index in [1.165, 1.54) is 0 Å². The number of hydrogen-bond acceptors (Lipinski definition) is 2. The lowest BCUT2D eigenvalue weighted by Gasteiger charge is -1.92. The van der Waals surface area contributed by atoms with Gasteiger partial charge in [-0.05, 0) is 26.7 Å². The number of allylic oxidation sites excluding steroid dienone is 2. The molecule has 0 unspecified atom stereocenters. The zero-order chi connectivity index (χ0) is 11.4. The van der Waals surface area contributed by atoms with Gasteiger partial charge in [0.05, 0.1) is 0 Å². The number of unbranched alkanes of at least 4 members (excludes halogenated alkanes) is 1. The van der Waals surface area contributed by atoms with E-state index in [4.69, 9.17) is 10.2 Å². The molecule has 0 aromatic rings. The summed E-state index contributed by atoms with van der Waals surface area (Å²) in [5.74, 6) is -1.74. The predicted octanol–water partition coefficient (Wildman–Crippen LogP) is 2.30. The first kappa shape index (κ1) is 15.2. The van der Waals surface area contributed by atoms with Crippen molar-refractivity contribution in [1.29, 1.82) is 0 Å². The maximum Gasteiger partial charge on any atom is 0.303 e. The van der Waals surface area contributed by atoms with Crippen LogP contribution in [0.3, 0.4) is 0 Å². The average Bonchev–Trinajstić information content (AvgIpc) is 2.12. The molecular formula is C10H18O4. The molecule has 0 saturated carbocycles. The Balaban J connectivity index is 0. The van der Waals surface area contributed by atoms with Crippen LogP contribution in [0.15, 0.2) is 12.2 Å². The molecule has 0 aromatic heterocycles. The number of hydrogen-bond donors (Lipinski definition) is 2. The van der Waals surface area contributed by atoms with E-state index in [-0.39, 0.29) is 12.8 Å². The zero-order valence-electron chi connectivity index (χ0n) is 8.69. The predicted molar refractivity (Wildman–Crippen MR) is 54.2 cm³/mol. The van der Waals surface area contributed by atoms with Crippen molar-refractivity contribution in [2.45, 2.75) is 39.5 Å². The quantitative estimate of drug-likeness (QED) is 0.530. The van der Waals surface area contributed by atoms with Crippen molar-refractivity contribution in [2.24, 2.45) is 0 Å². The third-order valence-electron chi connectivity index (χ3n) is 1.36. The Morgan fingerprint density at radius 3 is 1.36 bits per heavy atom. The number of carbonyl (C=O) groups is 2.